The highest BCUT2D eigenvalue weighted by Crippen LogP contribution is 1.94. The van der Waals surface area contributed by atoms with Crippen LogP contribution < -0.4 is 10.2 Å². The first-order valence-corrected chi connectivity index (χ1v) is 4.42. The van der Waals surface area contributed by atoms with E-state index in [0.717, 1.165) is 0 Å². The maximum Gasteiger partial charge on any atom is 0.0715 e. The molecular formula is C11H12O4-2. The van der Waals surface area contributed by atoms with E-state index in [2.05, 4.69) is 0 Å². The highest BCUT2D eigenvalue weighted by Gasteiger charge is 1.87. The molecule has 0 amide bonds. The van der Waals surface area contributed by atoms with E-state index < -0.39 is 11.9 Å². The summed E-state index contributed by atoms with van der Waals surface area (Å²) < 4.78 is 0. The van der Waals surface area contributed by atoms with Gasteiger partial charge in [0, 0.05) is 5.97 Å². The van der Waals surface area contributed by atoms with E-state index in [-0.39, 0.29) is 11.5 Å². The van der Waals surface area contributed by atoms with Crippen LogP contribution in [0, 0.1) is 5.92 Å². The number of hydrogen-bond donors (Lipinski definition) is 0. The third-order valence-corrected chi connectivity index (χ3v) is 1.48. The van der Waals surface area contributed by atoms with Gasteiger partial charge in [-0.05, 0) is 11.5 Å². The average Bonchev–Trinajstić information content (AvgIpc) is 2.20. The van der Waals surface area contributed by atoms with E-state index in [1.807, 2.05) is 0 Å². The zero-order chi connectivity index (χ0) is 11.8. The lowest BCUT2D eigenvalue weighted by Gasteiger charge is -2.01. The summed E-state index contributed by atoms with van der Waals surface area (Å²) in [5.74, 6) is -2.46. The van der Waals surface area contributed by atoms with Gasteiger partial charge in [0.15, 0.2) is 0 Å². The smallest absolute Gasteiger partial charge is 0.0715 e. The van der Waals surface area contributed by atoms with E-state index in [0.29, 0.717) is 0 Å². The normalized spacial score (nSPS) is 9.00. The molecule has 4 nitrogen and oxygen atoms in total. The highest BCUT2D eigenvalue weighted by molar-refractivity contribution is 5.85. The van der Waals surface area contributed by atoms with Gasteiger partial charge in [-0.1, -0.05) is 44.2 Å². The third-order valence-electron chi connectivity index (χ3n) is 1.48. The number of aromatic carboxylic acids is 1. The molecule has 0 atom stereocenters. The molecule has 15 heavy (non-hydrogen) atoms. The number of hydrogen-bond acceptors (Lipinski definition) is 4. The maximum absolute atomic E-state index is 10.1. The molecule has 0 saturated carbocycles. The molecule has 0 unspecified atom stereocenters. The third kappa shape index (κ3) is 6.26. The molecule has 0 N–H and O–H groups in total. The first-order chi connectivity index (χ1) is 6.95. The largest absolute Gasteiger partial charge is 0.550 e. The summed E-state index contributed by atoms with van der Waals surface area (Å²) in [6.07, 6.45) is 0. The van der Waals surface area contributed by atoms with Gasteiger partial charge in [0.1, 0.15) is 0 Å². The highest BCUT2D eigenvalue weighted by atomic mass is 16.4. The van der Waals surface area contributed by atoms with Crippen molar-refractivity contribution < 1.29 is 19.8 Å². The van der Waals surface area contributed by atoms with E-state index in [9.17, 15) is 19.8 Å². The van der Waals surface area contributed by atoms with Crippen molar-refractivity contribution in [1.29, 1.82) is 0 Å². The average molecular weight is 208 g/mol. The van der Waals surface area contributed by atoms with Crippen LogP contribution in [-0.2, 0) is 4.79 Å². The molecule has 0 bridgehead atoms. The van der Waals surface area contributed by atoms with Crippen LogP contribution in [0.25, 0.3) is 0 Å². The molecule has 0 aliphatic heterocycles. The molecular weight excluding hydrogens is 196 g/mol. The second-order valence-corrected chi connectivity index (χ2v) is 3.13. The predicted molar refractivity (Wildman–Crippen MR) is 50.6 cm³/mol. The Bertz CT molecular complexity index is 317. The van der Waals surface area contributed by atoms with E-state index >= 15 is 0 Å². The van der Waals surface area contributed by atoms with Crippen LogP contribution in [0.2, 0.25) is 0 Å². The number of carboxylic acid groups (broad SMARTS) is 2. The van der Waals surface area contributed by atoms with Crippen LogP contribution in [0.4, 0.5) is 0 Å². The van der Waals surface area contributed by atoms with E-state index in [1.165, 1.54) is 12.1 Å². The molecule has 0 radical (unpaired) electrons. The van der Waals surface area contributed by atoms with Crippen LogP contribution in [0.1, 0.15) is 24.2 Å². The lowest BCUT2D eigenvalue weighted by molar-refractivity contribution is -0.310. The quantitative estimate of drug-likeness (QED) is 0.652. The Labute approximate surface area is 88.2 Å². The summed E-state index contributed by atoms with van der Waals surface area (Å²) in [5, 5.41) is 19.7. The molecule has 0 spiro atoms. The molecule has 82 valence electrons. The van der Waals surface area contributed by atoms with Crippen molar-refractivity contribution in [3.8, 4) is 0 Å². The van der Waals surface area contributed by atoms with Gasteiger partial charge in [0.25, 0.3) is 0 Å². The standard InChI is InChI=1S/C7H6O2.C4H8O2/c8-7(9)6-4-2-1-3-5-6;1-3(2)4(5)6/h1-5H,(H,8,9);3H,1-2H3,(H,5,6)/p-2. The van der Waals surface area contributed by atoms with Gasteiger partial charge in [-0.25, -0.2) is 0 Å². The Hall–Kier alpha value is -1.84. The molecule has 0 saturated heterocycles. The number of rotatable bonds is 2. The van der Waals surface area contributed by atoms with Crippen molar-refractivity contribution in [1.82, 2.24) is 0 Å². The number of carboxylic acids is 2. The molecule has 0 aromatic heterocycles. The fourth-order valence-corrected chi connectivity index (χ4v) is 0.574. The second-order valence-electron chi connectivity index (χ2n) is 3.13. The molecule has 1 rings (SSSR count). The molecule has 0 aliphatic rings. The van der Waals surface area contributed by atoms with Gasteiger partial charge < -0.3 is 19.8 Å². The second kappa shape index (κ2) is 6.59. The summed E-state index contributed by atoms with van der Waals surface area (Å²) in [6.45, 7) is 3.16. The molecule has 1 aromatic carbocycles. The lowest BCUT2D eigenvalue weighted by atomic mass is 10.2. The fourth-order valence-electron chi connectivity index (χ4n) is 0.574. The van der Waals surface area contributed by atoms with Crippen molar-refractivity contribution in [3.63, 3.8) is 0 Å². The topological polar surface area (TPSA) is 80.3 Å². The zero-order valence-electron chi connectivity index (χ0n) is 8.60. The molecule has 0 fully saturated rings. The van der Waals surface area contributed by atoms with Crippen molar-refractivity contribution in [2.45, 2.75) is 13.8 Å². The SMILES string of the molecule is CC(C)C(=O)[O-].O=C([O-])c1ccccc1. The number of benzene rings is 1. The van der Waals surface area contributed by atoms with Crippen LogP contribution in [-0.4, -0.2) is 11.9 Å². The predicted octanol–water partition coefficient (Wildman–Crippen LogP) is -0.558. The van der Waals surface area contributed by atoms with Crippen LogP contribution in [0.3, 0.4) is 0 Å². The van der Waals surface area contributed by atoms with Gasteiger partial charge in [-0.3, -0.25) is 0 Å². The number of aliphatic carboxylic acids is 1. The first-order valence-electron chi connectivity index (χ1n) is 4.42. The Kier molecular flexibility index (Phi) is 5.78. The zero-order valence-corrected chi connectivity index (χ0v) is 8.60. The Morgan fingerprint density at radius 3 is 1.67 bits per heavy atom. The van der Waals surface area contributed by atoms with E-state index in [4.69, 9.17) is 0 Å². The lowest BCUT2D eigenvalue weighted by Crippen LogP contribution is -2.27. The number of carbonyl (C=O) groups excluding carboxylic acids is 2. The van der Waals surface area contributed by atoms with Crippen LogP contribution >= 0.6 is 0 Å². The monoisotopic (exact) mass is 208 g/mol. The van der Waals surface area contributed by atoms with E-state index in [1.54, 1.807) is 32.0 Å². The van der Waals surface area contributed by atoms with Crippen molar-refractivity contribution in [2.75, 3.05) is 0 Å². The summed E-state index contributed by atoms with van der Waals surface area (Å²) in [6, 6.07) is 8.06. The minimum absolute atomic E-state index is 0.220. The summed E-state index contributed by atoms with van der Waals surface area (Å²) in [4.78, 5) is 19.7. The van der Waals surface area contributed by atoms with Crippen LogP contribution in [0.15, 0.2) is 30.3 Å². The summed E-state index contributed by atoms with van der Waals surface area (Å²) >= 11 is 0. The minimum atomic E-state index is -1.13. The molecule has 0 heterocycles. The molecule has 4 heteroatoms. The molecule has 1 aromatic rings. The molecule has 0 aliphatic carbocycles. The minimum Gasteiger partial charge on any atom is -0.550 e. The Morgan fingerprint density at radius 2 is 1.47 bits per heavy atom. The van der Waals surface area contributed by atoms with Gasteiger partial charge in [0.2, 0.25) is 0 Å². The van der Waals surface area contributed by atoms with Crippen molar-refractivity contribution in [3.05, 3.63) is 35.9 Å². The van der Waals surface area contributed by atoms with Crippen molar-refractivity contribution in [2.24, 2.45) is 5.92 Å². The van der Waals surface area contributed by atoms with Gasteiger partial charge in [-0.15, -0.1) is 0 Å². The fraction of sp³-hybridized carbons (Fsp3) is 0.273. The van der Waals surface area contributed by atoms with Gasteiger partial charge in [-0.2, -0.15) is 0 Å². The Balaban J connectivity index is 0.000000288. The van der Waals surface area contributed by atoms with Crippen LogP contribution in [0.5, 0.6) is 0 Å². The summed E-state index contributed by atoms with van der Waals surface area (Å²) in [5.41, 5.74) is 0.220. The van der Waals surface area contributed by atoms with Gasteiger partial charge in [0.05, 0.1) is 5.97 Å². The van der Waals surface area contributed by atoms with Crippen molar-refractivity contribution >= 4 is 11.9 Å². The van der Waals surface area contributed by atoms with Gasteiger partial charge >= 0.3 is 0 Å². The Morgan fingerprint density at radius 1 is 1.07 bits per heavy atom. The summed E-state index contributed by atoms with van der Waals surface area (Å²) in [7, 11) is 0. The number of carbonyl (C=O) groups is 2. The first kappa shape index (κ1) is 13.2. The maximum atomic E-state index is 10.1.